The average molecular weight is 717 g/mol. The normalized spacial score (nSPS) is 20.6. The molecule has 1 N–H and O–H groups in total. The Bertz CT molecular complexity index is 1340. The highest BCUT2D eigenvalue weighted by atomic mass is 16.7. The first kappa shape index (κ1) is 38.9. The van der Waals surface area contributed by atoms with E-state index < -0.39 is 92.8 Å². The van der Waals surface area contributed by atoms with Crippen LogP contribution >= 0.6 is 0 Å². The molecule has 2 aliphatic rings. The number of benzene rings is 2. The molecule has 51 heavy (non-hydrogen) atoms. The zero-order chi connectivity index (χ0) is 36.4. The Morgan fingerprint density at radius 3 is 1.31 bits per heavy atom. The van der Waals surface area contributed by atoms with E-state index in [1.165, 1.54) is 0 Å². The van der Waals surface area contributed by atoms with E-state index in [0.717, 1.165) is 11.1 Å². The molecule has 276 valence electrons. The number of carboxylic acids is 1. The van der Waals surface area contributed by atoms with Crippen molar-refractivity contribution in [2.75, 3.05) is 39.6 Å². The summed E-state index contributed by atoms with van der Waals surface area (Å²) < 4.78 is 48.4. The lowest BCUT2D eigenvalue weighted by Crippen LogP contribution is -2.35. The third kappa shape index (κ3) is 14.5. The van der Waals surface area contributed by atoms with E-state index in [1.807, 2.05) is 60.7 Å². The molecule has 2 saturated heterocycles. The summed E-state index contributed by atoms with van der Waals surface area (Å²) in [5, 5.41) is 8.83. The van der Waals surface area contributed by atoms with Crippen molar-refractivity contribution in [1.29, 1.82) is 0 Å². The number of hydrogen-bond acceptors (Lipinski definition) is 15. The highest BCUT2D eigenvalue weighted by molar-refractivity contribution is 5.79. The van der Waals surface area contributed by atoms with Crippen molar-refractivity contribution in [2.24, 2.45) is 0 Å². The maximum absolute atomic E-state index is 12.3. The third-order valence-electron chi connectivity index (χ3n) is 7.24. The Balaban J connectivity index is 1.13. The lowest BCUT2D eigenvalue weighted by atomic mass is 10.2. The maximum atomic E-state index is 12.3. The Kier molecular flexibility index (Phi) is 15.8. The van der Waals surface area contributed by atoms with Crippen LogP contribution in [0.5, 0.6) is 0 Å². The molecular weight excluding hydrogens is 676 g/mol. The van der Waals surface area contributed by atoms with Gasteiger partial charge in [-0.05, 0) is 0 Å². The fourth-order valence-corrected chi connectivity index (χ4v) is 4.70. The fourth-order valence-electron chi connectivity index (χ4n) is 4.70. The molecule has 0 saturated carbocycles. The van der Waals surface area contributed by atoms with Gasteiger partial charge >= 0.3 is 35.8 Å². The standard InChI is InChI=1S/C35H40O16/c36-28(37)11-12-31(40)49-25(17-43-29(38)13-15-32(41)50-26-19-45-34(46-20-26)23-7-3-1-4-8-23)18-44-30(39)14-16-33(42)51-27-21-47-35(48-22-27)24-9-5-2-6-10-24/h1-10,25-27,34-35H,11-22H2,(H,36,37). The zero-order valence-corrected chi connectivity index (χ0v) is 27.7. The van der Waals surface area contributed by atoms with Gasteiger partial charge in [-0.3, -0.25) is 28.8 Å². The molecular formula is C35H40O16. The molecule has 0 atom stereocenters. The molecule has 2 heterocycles. The van der Waals surface area contributed by atoms with Gasteiger partial charge in [0.1, 0.15) is 25.4 Å². The first-order valence-electron chi connectivity index (χ1n) is 16.3. The van der Waals surface area contributed by atoms with Gasteiger partial charge < -0.3 is 47.7 Å². The first-order chi connectivity index (χ1) is 24.6. The van der Waals surface area contributed by atoms with Crippen LogP contribution < -0.4 is 0 Å². The van der Waals surface area contributed by atoms with Crippen LogP contribution in [0.25, 0.3) is 0 Å². The molecule has 2 fully saturated rings. The van der Waals surface area contributed by atoms with Gasteiger partial charge in [0.2, 0.25) is 0 Å². The quantitative estimate of drug-likeness (QED) is 0.174. The summed E-state index contributed by atoms with van der Waals surface area (Å²) in [6.45, 7) is -0.706. The number of esters is 5. The first-order valence-corrected chi connectivity index (χ1v) is 16.3. The molecule has 16 heteroatoms. The predicted molar refractivity (Wildman–Crippen MR) is 169 cm³/mol. The van der Waals surface area contributed by atoms with Gasteiger partial charge in [-0.2, -0.15) is 0 Å². The number of hydrogen-bond donors (Lipinski definition) is 1. The molecule has 0 aliphatic carbocycles. The minimum Gasteiger partial charge on any atom is -0.481 e. The van der Waals surface area contributed by atoms with Gasteiger partial charge in [0.15, 0.2) is 18.7 Å². The van der Waals surface area contributed by atoms with Crippen molar-refractivity contribution >= 4 is 35.8 Å². The lowest BCUT2D eigenvalue weighted by Gasteiger charge is -2.29. The third-order valence-corrected chi connectivity index (χ3v) is 7.24. The Labute approximate surface area is 293 Å². The van der Waals surface area contributed by atoms with Crippen LogP contribution in [0, 0.1) is 0 Å². The molecule has 4 rings (SSSR count). The van der Waals surface area contributed by atoms with Crippen LogP contribution in [-0.2, 0) is 71.4 Å². The smallest absolute Gasteiger partial charge is 0.306 e. The van der Waals surface area contributed by atoms with Gasteiger partial charge in [-0.1, -0.05) is 60.7 Å². The summed E-state index contributed by atoms with van der Waals surface area (Å²) >= 11 is 0. The maximum Gasteiger partial charge on any atom is 0.306 e. The van der Waals surface area contributed by atoms with Gasteiger partial charge in [0, 0.05) is 11.1 Å². The van der Waals surface area contributed by atoms with Crippen molar-refractivity contribution < 1.29 is 76.5 Å². The predicted octanol–water partition coefficient (Wildman–Crippen LogP) is 2.72. The van der Waals surface area contributed by atoms with Gasteiger partial charge in [0.05, 0.1) is 65.0 Å². The van der Waals surface area contributed by atoms with Crippen LogP contribution in [-0.4, -0.2) is 98.9 Å². The van der Waals surface area contributed by atoms with Crippen LogP contribution in [0.3, 0.4) is 0 Å². The fraction of sp³-hybridized carbons (Fsp3) is 0.486. The minimum atomic E-state index is -1.29. The number of aliphatic carboxylic acids is 1. The highest BCUT2D eigenvalue weighted by Crippen LogP contribution is 2.25. The average Bonchev–Trinajstić information content (AvgIpc) is 3.14. The number of carbonyl (C=O) groups excluding carboxylic acids is 5. The summed E-state index contributed by atoms with van der Waals surface area (Å²) in [5.74, 6) is -5.21. The lowest BCUT2D eigenvalue weighted by molar-refractivity contribution is -0.229. The summed E-state index contributed by atoms with van der Waals surface area (Å²) in [4.78, 5) is 72.2. The molecule has 0 aromatic heterocycles. The second kappa shape index (κ2) is 20.7. The highest BCUT2D eigenvalue weighted by Gasteiger charge is 2.28. The van der Waals surface area contributed by atoms with Crippen LogP contribution in [0.1, 0.15) is 62.2 Å². The van der Waals surface area contributed by atoms with Crippen molar-refractivity contribution in [3.63, 3.8) is 0 Å². The van der Waals surface area contributed by atoms with E-state index in [2.05, 4.69) is 0 Å². The molecule has 0 unspecified atom stereocenters. The Morgan fingerprint density at radius 1 is 0.549 bits per heavy atom. The number of carboxylic acid groups (broad SMARTS) is 1. The summed E-state index contributed by atoms with van der Waals surface area (Å²) in [7, 11) is 0. The van der Waals surface area contributed by atoms with Crippen LogP contribution in [0.4, 0.5) is 0 Å². The second-order valence-corrected chi connectivity index (χ2v) is 11.4. The summed E-state index contributed by atoms with van der Waals surface area (Å²) in [6, 6.07) is 18.5. The van der Waals surface area contributed by atoms with E-state index in [0.29, 0.717) is 0 Å². The molecule has 2 aromatic rings. The minimum absolute atomic E-state index is 0.102. The van der Waals surface area contributed by atoms with Gasteiger partial charge in [-0.25, -0.2) is 0 Å². The number of rotatable bonds is 18. The second-order valence-electron chi connectivity index (χ2n) is 11.4. The molecule has 0 spiro atoms. The Morgan fingerprint density at radius 2 is 0.922 bits per heavy atom. The van der Waals surface area contributed by atoms with E-state index in [9.17, 15) is 28.8 Å². The number of carbonyl (C=O) groups is 6. The van der Waals surface area contributed by atoms with Crippen molar-refractivity contribution in [3.8, 4) is 0 Å². The van der Waals surface area contributed by atoms with Gasteiger partial charge in [0.25, 0.3) is 0 Å². The van der Waals surface area contributed by atoms with E-state index in [4.69, 9.17) is 47.7 Å². The monoisotopic (exact) mass is 716 g/mol. The van der Waals surface area contributed by atoms with Crippen molar-refractivity contribution in [2.45, 2.75) is 69.4 Å². The largest absolute Gasteiger partial charge is 0.481 e. The van der Waals surface area contributed by atoms with Crippen LogP contribution in [0.2, 0.25) is 0 Å². The Hall–Kier alpha value is -4.90. The molecule has 2 aromatic carbocycles. The zero-order valence-electron chi connectivity index (χ0n) is 27.7. The van der Waals surface area contributed by atoms with E-state index >= 15 is 0 Å². The van der Waals surface area contributed by atoms with Crippen molar-refractivity contribution in [3.05, 3.63) is 71.8 Å². The summed E-state index contributed by atoms with van der Waals surface area (Å²) in [6.07, 6.45) is -6.15. The topological polar surface area (TPSA) is 206 Å². The SMILES string of the molecule is O=C(O)CCC(=O)OC(COC(=O)CCC(=O)OC1COC(c2ccccc2)OC1)COC(=O)CCC(=O)OC1COC(c2ccccc2)OC1. The van der Waals surface area contributed by atoms with E-state index in [-0.39, 0.29) is 52.1 Å². The number of ether oxygens (including phenoxy) is 9. The molecule has 0 amide bonds. The molecule has 16 nitrogen and oxygen atoms in total. The van der Waals surface area contributed by atoms with Gasteiger partial charge in [-0.15, -0.1) is 0 Å². The molecule has 2 aliphatic heterocycles. The van der Waals surface area contributed by atoms with Crippen LogP contribution in [0.15, 0.2) is 60.7 Å². The van der Waals surface area contributed by atoms with Crippen molar-refractivity contribution in [1.82, 2.24) is 0 Å². The summed E-state index contributed by atoms with van der Waals surface area (Å²) in [5.41, 5.74) is 1.65. The van der Waals surface area contributed by atoms with E-state index in [1.54, 1.807) is 0 Å². The molecule has 0 bridgehead atoms. The molecule has 0 radical (unpaired) electrons.